The Morgan fingerprint density at radius 2 is 2.31 bits per heavy atom. The van der Waals surface area contributed by atoms with Gasteiger partial charge in [-0.2, -0.15) is 11.8 Å². The summed E-state index contributed by atoms with van der Waals surface area (Å²) in [5.74, 6) is -0.467. The van der Waals surface area contributed by atoms with E-state index in [4.69, 9.17) is 10.5 Å². The fourth-order valence-corrected chi connectivity index (χ4v) is 2.13. The van der Waals surface area contributed by atoms with Gasteiger partial charge in [-0.15, -0.1) is 0 Å². The molecule has 1 unspecified atom stereocenters. The molecule has 0 aromatic rings. The number of ether oxygens (including phenoxy) is 1. The van der Waals surface area contributed by atoms with Gasteiger partial charge in [0.05, 0.1) is 6.42 Å². The van der Waals surface area contributed by atoms with Crippen molar-refractivity contribution in [2.45, 2.75) is 31.1 Å². The Kier molecular flexibility index (Phi) is 2.85. The Morgan fingerprint density at radius 3 is 2.85 bits per heavy atom. The molecule has 5 heteroatoms. The molecule has 1 atom stereocenters. The van der Waals surface area contributed by atoms with E-state index in [1.54, 1.807) is 0 Å². The molecule has 74 valence electrons. The monoisotopic (exact) mass is 203 g/mol. The third-order valence-corrected chi connectivity index (χ3v) is 3.18. The second-order valence-corrected chi connectivity index (χ2v) is 5.36. The highest BCUT2D eigenvalue weighted by atomic mass is 32.2. The third-order valence-electron chi connectivity index (χ3n) is 1.79. The SMILES string of the molecule is CC1(C)CC(=O)OC(C(N)=O)CS1. The zero-order valence-corrected chi connectivity index (χ0v) is 8.52. The zero-order valence-electron chi connectivity index (χ0n) is 7.70. The van der Waals surface area contributed by atoms with Crippen LogP contribution >= 0.6 is 11.8 Å². The molecule has 0 spiro atoms. The quantitative estimate of drug-likeness (QED) is 0.622. The van der Waals surface area contributed by atoms with Crippen LogP contribution in [0.4, 0.5) is 0 Å². The Bertz CT molecular complexity index is 240. The molecule has 0 radical (unpaired) electrons. The minimum atomic E-state index is -0.765. The summed E-state index contributed by atoms with van der Waals surface area (Å²) < 4.78 is 4.71. The van der Waals surface area contributed by atoms with Crippen LogP contribution in [0.3, 0.4) is 0 Å². The third kappa shape index (κ3) is 2.91. The normalized spacial score (nSPS) is 27.5. The van der Waals surface area contributed by atoms with Crippen LogP contribution < -0.4 is 5.73 Å². The first-order valence-electron chi connectivity index (χ1n) is 4.03. The summed E-state index contributed by atoms with van der Waals surface area (Å²) in [6.45, 7) is 3.89. The maximum atomic E-state index is 11.2. The number of thioether (sulfide) groups is 1. The largest absolute Gasteiger partial charge is 0.451 e. The lowest BCUT2D eigenvalue weighted by molar-refractivity contribution is -0.153. The summed E-state index contributed by atoms with van der Waals surface area (Å²) >= 11 is 1.53. The first-order chi connectivity index (χ1) is 5.91. The number of cyclic esters (lactones) is 1. The molecular formula is C8H13NO3S. The number of rotatable bonds is 1. The highest BCUT2D eigenvalue weighted by Gasteiger charge is 2.33. The maximum absolute atomic E-state index is 11.2. The molecule has 4 nitrogen and oxygen atoms in total. The molecule has 0 aromatic heterocycles. The van der Waals surface area contributed by atoms with Gasteiger partial charge in [-0.05, 0) is 0 Å². The van der Waals surface area contributed by atoms with Crippen molar-refractivity contribution in [1.29, 1.82) is 0 Å². The van der Waals surface area contributed by atoms with Gasteiger partial charge in [0.2, 0.25) is 0 Å². The number of hydrogen-bond donors (Lipinski definition) is 1. The van der Waals surface area contributed by atoms with Crippen LogP contribution in [0.25, 0.3) is 0 Å². The fourth-order valence-electron chi connectivity index (χ4n) is 1.07. The van der Waals surface area contributed by atoms with Crippen LogP contribution in [-0.4, -0.2) is 28.5 Å². The Balaban J connectivity index is 2.69. The molecule has 1 saturated heterocycles. The fraction of sp³-hybridized carbons (Fsp3) is 0.750. The van der Waals surface area contributed by atoms with Crippen LogP contribution in [-0.2, 0) is 14.3 Å². The van der Waals surface area contributed by atoms with Crippen LogP contribution in [0.5, 0.6) is 0 Å². The molecular weight excluding hydrogens is 190 g/mol. The predicted octanol–water partition coefficient (Wildman–Crippen LogP) is 0.299. The topological polar surface area (TPSA) is 69.4 Å². The molecule has 0 aromatic carbocycles. The molecule has 1 heterocycles. The van der Waals surface area contributed by atoms with E-state index >= 15 is 0 Å². The molecule has 1 aliphatic rings. The Labute approximate surface area is 81.2 Å². The van der Waals surface area contributed by atoms with Gasteiger partial charge in [0.15, 0.2) is 6.10 Å². The number of carbonyl (C=O) groups is 2. The Hall–Kier alpha value is -0.710. The van der Waals surface area contributed by atoms with Crippen molar-refractivity contribution in [3.63, 3.8) is 0 Å². The number of esters is 1. The zero-order chi connectivity index (χ0) is 10.1. The number of carbonyl (C=O) groups excluding carboxylic acids is 2. The Morgan fingerprint density at radius 1 is 1.69 bits per heavy atom. The summed E-state index contributed by atoms with van der Waals surface area (Å²) in [6, 6.07) is 0. The van der Waals surface area contributed by atoms with Gasteiger partial charge in [0.25, 0.3) is 5.91 Å². The van der Waals surface area contributed by atoms with Crippen LogP contribution in [0.2, 0.25) is 0 Å². The molecule has 13 heavy (non-hydrogen) atoms. The van der Waals surface area contributed by atoms with Gasteiger partial charge in [-0.1, -0.05) is 13.8 Å². The lowest BCUT2D eigenvalue weighted by atomic mass is 10.1. The van der Waals surface area contributed by atoms with E-state index < -0.39 is 12.0 Å². The van der Waals surface area contributed by atoms with Crippen molar-refractivity contribution in [2.75, 3.05) is 5.75 Å². The molecule has 2 N–H and O–H groups in total. The first kappa shape index (κ1) is 10.4. The van der Waals surface area contributed by atoms with E-state index in [9.17, 15) is 9.59 Å². The summed E-state index contributed by atoms with van der Waals surface area (Å²) in [5, 5.41) is 0. The van der Waals surface area contributed by atoms with Crippen molar-refractivity contribution >= 4 is 23.6 Å². The highest BCUT2D eigenvalue weighted by molar-refractivity contribution is 8.00. The maximum Gasteiger partial charge on any atom is 0.307 e. The van der Waals surface area contributed by atoms with E-state index in [-0.39, 0.29) is 10.7 Å². The predicted molar refractivity (Wildman–Crippen MR) is 50.2 cm³/mol. The summed E-state index contributed by atoms with van der Waals surface area (Å²) in [4.78, 5) is 22.0. The summed E-state index contributed by atoms with van der Waals surface area (Å²) in [7, 11) is 0. The second-order valence-electron chi connectivity index (χ2n) is 3.63. The summed E-state index contributed by atoms with van der Waals surface area (Å²) in [5.41, 5.74) is 5.06. The van der Waals surface area contributed by atoms with Gasteiger partial charge in [-0.3, -0.25) is 9.59 Å². The van der Waals surface area contributed by atoms with Gasteiger partial charge in [-0.25, -0.2) is 0 Å². The minimum Gasteiger partial charge on any atom is -0.451 e. The van der Waals surface area contributed by atoms with Crippen molar-refractivity contribution in [3.8, 4) is 0 Å². The summed E-state index contributed by atoms with van der Waals surface area (Å²) in [6.07, 6.45) is -0.444. The lowest BCUT2D eigenvalue weighted by Crippen LogP contribution is -2.33. The van der Waals surface area contributed by atoms with Crippen LogP contribution in [0.15, 0.2) is 0 Å². The smallest absolute Gasteiger partial charge is 0.307 e. The van der Waals surface area contributed by atoms with E-state index in [0.29, 0.717) is 12.2 Å². The van der Waals surface area contributed by atoms with E-state index in [1.165, 1.54) is 11.8 Å². The van der Waals surface area contributed by atoms with Crippen molar-refractivity contribution in [2.24, 2.45) is 5.73 Å². The average molecular weight is 203 g/mol. The van der Waals surface area contributed by atoms with Crippen LogP contribution in [0, 0.1) is 0 Å². The van der Waals surface area contributed by atoms with E-state index in [0.717, 1.165) is 0 Å². The van der Waals surface area contributed by atoms with Gasteiger partial charge in [0.1, 0.15) is 0 Å². The average Bonchev–Trinajstić information content (AvgIpc) is 2.07. The van der Waals surface area contributed by atoms with Gasteiger partial charge in [0, 0.05) is 10.5 Å². The number of amides is 1. The molecule has 1 aliphatic heterocycles. The van der Waals surface area contributed by atoms with Gasteiger partial charge < -0.3 is 10.5 Å². The second kappa shape index (κ2) is 3.57. The van der Waals surface area contributed by atoms with Crippen molar-refractivity contribution in [1.82, 2.24) is 0 Å². The van der Waals surface area contributed by atoms with Crippen LogP contribution in [0.1, 0.15) is 20.3 Å². The highest BCUT2D eigenvalue weighted by Crippen LogP contribution is 2.32. The standard InChI is InChI=1S/C8H13NO3S/c1-8(2)3-6(10)12-5(4-13-8)7(9)11/h5H,3-4H2,1-2H3,(H2,9,11). The molecule has 0 aliphatic carbocycles. The lowest BCUT2D eigenvalue weighted by Gasteiger charge is -2.18. The van der Waals surface area contributed by atoms with Crippen molar-refractivity contribution < 1.29 is 14.3 Å². The minimum absolute atomic E-state index is 0.165. The molecule has 1 fully saturated rings. The molecule has 0 saturated carbocycles. The van der Waals surface area contributed by atoms with Gasteiger partial charge >= 0.3 is 5.97 Å². The molecule has 1 amide bonds. The van der Waals surface area contributed by atoms with Crippen molar-refractivity contribution in [3.05, 3.63) is 0 Å². The van der Waals surface area contributed by atoms with E-state index in [1.807, 2.05) is 13.8 Å². The number of nitrogens with two attached hydrogens (primary N) is 1. The molecule has 1 rings (SSSR count). The first-order valence-corrected chi connectivity index (χ1v) is 5.02. The number of hydrogen-bond acceptors (Lipinski definition) is 4. The molecule has 0 bridgehead atoms. The van der Waals surface area contributed by atoms with E-state index in [2.05, 4.69) is 0 Å². The number of primary amides is 1.